The van der Waals surface area contributed by atoms with Crippen LogP contribution in [-0.2, 0) is 0 Å². The first-order valence-electron chi connectivity index (χ1n) is 16.4. The summed E-state index contributed by atoms with van der Waals surface area (Å²) in [5.74, 6) is 1.84. The summed E-state index contributed by atoms with van der Waals surface area (Å²) in [7, 11) is 0. The first-order chi connectivity index (χ1) is 24.3. The van der Waals surface area contributed by atoms with Gasteiger partial charge in [-0.05, 0) is 51.6 Å². The van der Waals surface area contributed by atoms with E-state index in [2.05, 4.69) is 121 Å². The molecular formula is C45H29N3O. The van der Waals surface area contributed by atoms with Gasteiger partial charge in [0.2, 0.25) is 0 Å². The molecule has 230 valence electrons. The Kier molecular flexibility index (Phi) is 7.10. The van der Waals surface area contributed by atoms with Crippen molar-refractivity contribution in [1.82, 2.24) is 15.0 Å². The Morgan fingerprint density at radius 2 is 0.735 bits per heavy atom. The molecule has 0 unspecified atom stereocenters. The summed E-state index contributed by atoms with van der Waals surface area (Å²) in [6, 6.07) is 60.5. The van der Waals surface area contributed by atoms with Crippen LogP contribution in [0.4, 0.5) is 0 Å². The first-order valence-corrected chi connectivity index (χ1v) is 16.4. The number of aromatic nitrogens is 3. The van der Waals surface area contributed by atoms with Crippen molar-refractivity contribution in [2.45, 2.75) is 0 Å². The highest BCUT2D eigenvalue weighted by Crippen LogP contribution is 2.38. The predicted octanol–water partition coefficient (Wildman–Crippen LogP) is 11.8. The van der Waals surface area contributed by atoms with Crippen LogP contribution in [0.1, 0.15) is 0 Å². The highest BCUT2D eigenvalue weighted by Gasteiger charge is 2.18. The number of hydrogen-bond donors (Lipinski definition) is 0. The Labute approximate surface area is 284 Å². The molecule has 2 heterocycles. The van der Waals surface area contributed by atoms with Gasteiger partial charge in [0.1, 0.15) is 11.2 Å². The fourth-order valence-electron chi connectivity index (χ4n) is 6.46. The zero-order valence-corrected chi connectivity index (χ0v) is 26.5. The molecule has 0 aliphatic rings. The molecule has 0 radical (unpaired) electrons. The van der Waals surface area contributed by atoms with E-state index >= 15 is 0 Å². The standard InChI is InChI=1S/C45H29N3O/c1-4-11-30(12-5-1)32-19-21-33(22-20-32)34-23-25-36(26-24-34)44-46-43(35-15-8-3-9-16-35)47-45(48-44)39-17-10-18-40-42(39)38-28-27-37(29-41(38)49-40)31-13-6-2-7-14-31/h1-29H. The molecule has 0 aliphatic heterocycles. The van der Waals surface area contributed by atoms with Crippen molar-refractivity contribution in [3.8, 4) is 67.5 Å². The van der Waals surface area contributed by atoms with E-state index in [0.29, 0.717) is 17.5 Å². The van der Waals surface area contributed by atoms with Gasteiger partial charge in [-0.3, -0.25) is 0 Å². The average molecular weight is 628 g/mol. The van der Waals surface area contributed by atoms with Crippen molar-refractivity contribution in [1.29, 1.82) is 0 Å². The first kappa shape index (κ1) is 28.6. The van der Waals surface area contributed by atoms with Crippen molar-refractivity contribution in [2.24, 2.45) is 0 Å². The zero-order chi connectivity index (χ0) is 32.6. The molecule has 9 rings (SSSR count). The normalized spacial score (nSPS) is 11.3. The summed E-state index contributed by atoms with van der Waals surface area (Å²) in [6.45, 7) is 0. The Morgan fingerprint density at radius 1 is 0.306 bits per heavy atom. The Hall–Kier alpha value is -6.65. The minimum absolute atomic E-state index is 0.602. The van der Waals surface area contributed by atoms with E-state index in [9.17, 15) is 0 Å². The van der Waals surface area contributed by atoms with Gasteiger partial charge in [0.05, 0.1) is 0 Å². The Bertz CT molecular complexity index is 2560. The number of furan rings is 1. The van der Waals surface area contributed by atoms with Crippen LogP contribution in [0.5, 0.6) is 0 Å². The van der Waals surface area contributed by atoms with E-state index in [1.807, 2.05) is 54.6 Å². The molecule has 0 saturated carbocycles. The van der Waals surface area contributed by atoms with E-state index in [4.69, 9.17) is 19.4 Å². The molecule has 0 spiro atoms. The third-order valence-corrected chi connectivity index (χ3v) is 8.98. The van der Waals surface area contributed by atoms with Gasteiger partial charge in [-0.1, -0.05) is 158 Å². The van der Waals surface area contributed by atoms with Gasteiger partial charge in [-0.25, -0.2) is 15.0 Å². The average Bonchev–Trinajstić information content (AvgIpc) is 3.57. The highest BCUT2D eigenvalue weighted by molar-refractivity contribution is 6.12. The van der Waals surface area contributed by atoms with E-state index in [1.165, 1.54) is 11.1 Å². The molecule has 0 bridgehead atoms. The van der Waals surface area contributed by atoms with Gasteiger partial charge in [0.15, 0.2) is 17.5 Å². The summed E-state index contributed by atoms with van der Waals surface area (Å²) < 4.78 is 6.42. The van der Waals surface area contributed by atoms with Crippen molar-refractivity contribution in [3.05, 3.63) is 176 Å². The maximum Gasteiger partial charge on any atom is 0.164 e. The maximum absolute atomic E-state index is 6.42. The summed E-state index contributed by atoms with van der Waals surface area (Å²) in [5.41, 5.74) is 11.3. The zero-order valence-electron chi connectivity index (χ0n) is 26.5. The van der Waals surface area contributed by atoms with Crippen LogP contribution in [0, 0.1) is 0 Å². The van der Waals surface area contributed by atoms with Gasteiger partial charge in [0.25, 0.3) is 0 Å². The lowest BCUT2D eigenvalue weighted by Gasteiger charge is -2.10. The van der Waals surface area contributed by atoms with Gasteiger partial charge in [-0.2, -0.15) is 0 Å². The summed E-state index contributed by atoms with van der Waals surface area (Å²) in [5, 5.41) is 2.01. The van der Waals surface area contributed by atoms with Crippen LogP contribution >= 0.6 is 0 Å². The number of hydrogen-bond acceptors (Lipinski definition) is 4. The smallest absolute Gasteiger partial charge is 0.164 e. The van der Waals surface area contributed by atoms with Crippen LogP contribution in [0.25, 0.3) is 89.5 Å². The molecule has 0 N–H and O–H groups in total. The molecule has 2 aromatic heterocycles. The van der Waals surface area contributed by atoms with E-state index in [-0.39, 0.29) is 0 Å². The van der Waals surface area contributed by atoms with Crippen LogP contribution in [0.3, 0.4) is 0 Å². The fourth-order valence-corrected chi connectivity index (χ4v) is 6.46. The van der Waals surface area contributed by atoms with Crippen molar-refractivity contribution < 1.29 is 4.42 Å². The molecule has 4 nitrogen and oxygen atoms in total. The third kappa shape index (κ3) is 5.45. The second-order valence-electron chi connectivity index (χ2n) is 12.1. The summed E-state index contributed by atoms with van der Waals surface area (Å²) in [4.78, 5) is 15.1. The van der Waals surface area contributed by atoms with Crippen LogP contribution < -0.4 is 0 Å². The number of benzene rings is 7. The second kappa shape index (κ2) is 12.2. The Morgan fingerprint density at radius 3 is 1.31 bits per heavy atom. The molecule has 9 aromatic rings. The lowest BCUT2D eigenvalue weighted by molar-refractivity contribution is 0.669. The van der Waals surface area contributed by atoms with Crippen LogP contribution in [-0.4, -0.2) is 15.0 Å². The topological polar surface area (TPSA) is 51.8 Å². The lowest BCUT2D eigenvalue weighted by atomic mass is 9.99. The monoisotopic (exact) mass is 627 g/mol. The van der Waals surface area contributed by atoms with Gasteiger partial charge >= 0.3 is 0 Å². The minimum Gasteiger partial charge on any atom is -0.456 e. The van der Waals surface area contributed by atoms with Gasteiger partial charge < -0.3 is 4.42 Å². The highest BCUT2D eigenvalue weighted by atomic mass is 16.3. The lowest BCUT2D eigenvalue weighted by Crippen LogP contribution is -2.00. The van der Waals surface area contributed by atoms with Gasteiger partial charge in [-0.15, -0.1) is 0 Å². The molecule has 0 aliphatic carbocycles. The molecule has 4 heteroatoms. The van der Waals surface area contributed by atoms with Crippen molar-refractivity contribution in [3.63, 3.8) is 0 Å². The minimum atomic E-state index is 0.602. The molecule has 0 atom stereocenters. The summed E-state index contributed by atoms with van der Waals surface area (Å²) in [6.07, 6.45) is 0. The van der Waals surface area contributed by atoms with Crippen LogP contribution in [0.2, 0.25) is 0 Å². The van der Waals surface area contributed by atoms with Crippen molar-refractivity contribution >= 4 is 21.9 Å². The maximum atomic E-state index is 6.42. The predicted molar refractivity (Wildman–Crippen MR) is 200 cm³/mol. The number of fused-ring (bicyclic) bond motifs is 3. The molecule has 0 saturated heterocycles. The molecule has 7 aromatic carbocycles. The van der Waals surface area contributed by atoms with Gasteiger partial charge in [0, 0.05) is 27.5 Å². The quantitative estimate of drug-likeness (QED) is 0.184. The Balaban J connectivity index is 1.13. The SMILES string of the molecule is c1ccc(-c2ccc(-c3ccc(-c4nc(-c5ccccc5)nc(-c5cccc6oc7cc(-c8ccccc8)ccc7c56)n4)cc3)cc2)cc1. The van der Waals surface area contributed by atoms with E-state index < -0.39 is 0 Å². The van der Waals surface area contributed by atoms with Crippen LogP contribution in [0.15, 0.2) is 180 Å². The molecule has 0 fully saturated rings. The molecular weight excluding hydrogens is 599 g/mol. The van der Waals surface area contributed by atoms with E-state index in [0.717, 1.165) is 60.9 Å². The molecule has 0 amide bonds. The van der Waals surface area contributed by atoms with E-state index in [1.54, 1.807) is 0 Å². The van der Waals surface area contributed by atoms with Crippen molar-refractivity contribution in [2.75, 3.05) is 0 Å². The number of rotatable bonds is 6. The largest absolute Gasteiger partial charge is 0.456 e. The third-order valence-electron chi connectivity index (χ3n) is 8.98. The fraction of sp³-hybridized carbons (Fsp3) is 0. The summed E-state index contributed by atoms with van der Waals surface area (Å²) >= 11 is 0. The number of nitrogens with zero attached hydrogens (tertiary/aromatic N) is 3. The molecule has 49 heavy (non-hydrogen) atoms. The second-order valence-corrected chi connectivity index (χ2v) is 12.1.